The van der Waals surface area contributed by atoms with Crippen molar-refractivity contribution < 1.29 is 18.4 Å². The normalized spacial score (nSPS) is 12.3. The SMILES string of the molecule is COC(=O)c1occc1CNC(C)CCc1ccco1. The van der Waals surface area contributed by atoms with Crippen molar-refractivity contribution in [2.24, 2.45) is 0 Å². The van der Waals surface area contributed by atoms with Crippen LogP contribution in [0.1, 0.15) is 35.2 Å². The van der Waals surface area contributed by atoms with Crippen molar-refractivity contribution in [3.8, 4) is 0 Å². The first kappa shape index (κ1) is 14.4. The Morgan fingerprint density at radius 3 is 2.90 bits per heavy atom. The maximum absolute atomic E-state index is 11.5. The molecule has 0 saturated carbocycles. The first-order chi connectivity index (χ1) is 9.70. The fourth-order valence-corrected chi connectivity index (χ4v) is 1.95. The Morgan fingerprint density at radius 2 is 2.20 bits per heavy atom. The van der Waals surface area contributed by atoms with E-state index in [9.17, 15) is 4.79 Å². The van der Waals surface area contributed by atoms with Crippen LogP contribution in [0.15, 0.2) is 39.6 Å². The second kappa shape index (κ2) is 6.96. The number of nitrogens with one attached hydrogen (secondary N) is 1. The van der Waals surface area contributed by atoms with E-state index < -0.39 is 5.97 Å². The van der Waals surface area contributed by atoms with Crippen LogP contribution in [0.2, 0.25) is 0 Å². The molecule has 1 atom stereocenters. The molecule has 0 aliphatic carbocycles. The molecule has 0 bridgehead atoms. The molecule has 1 N–H and O–H groups in total. The fourth-order valence-electron chi connectivity index (χ4n) is 1.95. The van der Waals surface area contributed by atoms with Gasteiger partial charge in [-0.15, -0.1) is 0 Å². The Labute approximate surface area is 117 Å². The van der Waals surface area contributed by atoms with Crippen molar-refractivity contribution >= 4 is 5.97 Å². The molecule has 0 saturated heterocycles. The van der Waals surface area contributed by atoms with E-state index >= 15 is 0 Å². The lowest BCUT2D eigenvalue weighted by atomic mass is 10.1. The monoisotopic (exact) mass is 277 g/mol. The average molecular weight is 277 g/mol. The summed E-state index contributed by atoms with van der Waals surface area (Å²) in [6, 6.07) is 5.94. The Morgan fingerprint density at radius 1 is 1.35 bits per heavy atom. The number of esters is 1. The van der Waals surface area contributed by atoms with Crippen LogP contribution in [0.5, 0.6) is 0 Å². The highest BCUT2D eigenvalue weighted by Crippen LogP contribution is 2.12. The third kappa shape index (κ3) is 3.74. The number of carbonyl (C=O) groups is 1. The average Bonchev–Trinajstić information content (AvgIpc) is 3.12. The van der Waals surface area contributed by atoms with Gasteiger partial charge in [0.25, 0.3) is 0 Å². The summed E-state index contributed by atoms with van der Waals surface area (Å²) in [4.78, 5) is 11.5. The third-order valence-corrected chi connectivity index (χ3v) is 3.16. The molecule has 20 heavy (non-hydrogen) atoms. The molecule has 0 amide bonds. The van der Waals surface area contributed by atoms with Crippen LogP contribution in [-0.2, 0) is 17.7 Å². The molecule has 5 nitrogen and oxygen atoms in total. The number of methoxy groups -OCH3 is 1. The molecule has 0 aliphatic heterocycles. The minimum Gasteiger partial charge on any atom is -0.469 e. The van der Waals surface area contributed by atoms with Crippen LogP contribution >= 0.6 is 0 Å². The summed E-state index contributed by atoms with van der Waals surface area (Å²) in [7, 11) is 1.34. The number of aryl methyl sites for hydroxylation is 1. The number of ether oxygens (including phenoxy) is 1. The predicted octanol–water partition coefficient (Wildman–Crippen LogP) is 2.77. The Bertz CT molecular complexity index is 530. The minimum atomic E-state index is -0.449. The van der Waals surface area contributed by atoms with Gasteiger partial charge in [0.2, 0.25) is 5.76 Å². The van der Waals surface area contributed by atoms with Gasteiger partial charge in [0.05, 0.1) is 19.6 Å². The number of rotatable bonds is 7. The molecule has 0 aromatic carbocycles. The van der Waals surface area contributed by atoms with Crippen molar-refractivity contribution in [1.29, 1.82) is 0 Å². The largest absolute Gasteiger partial charge is 0.469 e. The Hall–Kier alpha value is -2.01. The summed E-state index contributed by atoms with van der Waals surface area (Å²) in [6.45, 7) is 2.67. The van der Waals surface area contributed by atoms with Crippen LogP contribution in [-0.4, -0.2) is 19.1 Å². The lowest BCUT2D eigenvalue weighted by Gasteiger charge is -2.12. The zero-order chi connectivity index (χ0) is 14.4. The van der Waals surface area contributed by atoms with E-state index in [1.54, 1.807) is 12.3 Å². The second-order valence-electron chi connectivity index (χ2n) is 4.67. The van der Waals surface area contributed by atoms with E-state index in [4.69, 9.17) is 8.83 Å². The highest BCUT2D eigenvalue weighted by Gasteiger charge is 2.16. The van der Waals surface area contributed by atoms with Crippen LogP contribution in [0.3, 0.4) is 0 Å². The number of carbonyl (C=O) groups excluding carboxylic acids is 1. The van der Waals surface area contributed by atoms with Gasteiger partial charge >= 0.3 is 5.97 Å². The summed E-state index contributed by atoms with van der Waals surface area (Å²) in [5.41, 5.74) is 0.807. The summed E-state index contributed by atoms with van der Waals surface area (Å²) >= 11 is 0. The smallest absolute Gasteiger partial charge is 0.374 e. The summed E-state index contributed by atoms with van der Waals surface area (Å²) in [5, 5.41) is 3.36. The molecule has 2 rings (SSSR count). The van der Waals surface area contributed by atoms with Crippen LogP contribution < -0.4 is 5.32 Å². The summed E-state index contributed by atoms with van der Waals surface area (Å²) in [5.74, 6) is 0.797. The maximum atomic E-state index is 11.5. The molecule has 2 heterocycles. The lowest BCUT2D eigenvalue weighted by molar-refractivity contribution is 0.0563. The van der Waals surface area contributed by atoms with Crippen molar-refractivity contribution in [2.75, 3.05) is 7.11 Å². The van der Waals surface area contributed by atoms with E-state index in [1.165, 1.54) is 13.4 Å². The first-order valence-corrected chi connectivity index (χ1v) is 6.61. The summed E-state index contributed by atoms with van der Waals surface area (Å²) < 4.78 is 15.1. The molecule has 108 valence electrons. The van der Waals surface area contributed by atoms with Gasteiger partial charge in [-0.3, -0.25) is 0 Å². The van der Waals surface area contributed by atoms with Gasteiger partial charge in [-0.1, -0.05) is 0 Å². The second-order valence-corrected chi connectivity index (χ2v) is 4.67. The van der Waals surface area contributed by atoms with Gasteiger partial charge in [-0.2, -0.15) is 0 Å². The van der Waals surface area contributed by atoms with Gasteiger partial charge in [-0.25, -0.2) is 4.79 Å². The van der Waals surface area contributed by atoms with Crippen molar-refractivity contribution in [1.82, 2.24) is 5.32 Å². The Balaban J connectivity index is 1.80. The predicted molar refractivity (Wildman–Crippen MR) is 73.4 cm³/mol. The zero-order valence-electron chi connectivity index (χ0n) is 11.7. The molecule has 0 fully saturated rings. The molecule has 0 spiro atoms. The maximum Gasteiger partial charge on any atom is 0.374 e. The van der Waals surface area contributed by atoms with E-state index in [0.717, 1.165) is 24.2 Å². The van der Waals surface area contributed by atoms with E-state index in [0.29, 0.717) is 12.6 Å². The Kier molecular flexibility index (Phi) is 5.01. The topological polar surface area (TPSA) is 64.6 Å². The van der Waals surface area contributed by atoms with Gasteiger partial charge in [0.15, 0.2) is 0 Å². The van der Waals surface area contributed by atoms with Crippen molar-refractivity contribution in [3.05, 3.63) is 47.8 Å². The molecular weight excluding hydrogens is 258 g/mol. The molecule has 2 aromatic heterocycles. The zero-order valence-corrected chi connectivity index (χ0v) is 11.7. The molecule has 5 heteroatoms. The third-order valence-electron chi connectivity index (χ3n) is 3.16. The van der Waals surface area contributed by atoms with Crippen molar-refractivity contribution in [2.45, 2.75) is 32.4 Å². The molecule has 2 aromatic rings. The number of hydrogen-bond acceptors (Lipinski definition) is 5. The van der Waals surface area contributed by atoms with Gasteiger partial charge in [0, 0.05) is 24.6 Å². The highest BCUT2D eigenvalue weighted by atomic mass is 16.5. The van der Waals surface area contributed by atoms with Gasteiger partial charge < -0.3 is 18.9 Å². The minimum absolute atomic E-state index is 0.262. The van der Waals surface area contributed by atoms with E-state index in [2.05, 4.69) is 17.0 Å². The van der Waals surface area contributed by atoms with E-state index in [1.807, 2.05) is 12.1 Å². The van der Waals surface area contributed by atoms with Crippen molar-refractivity contribution in [3.63, 3.8) is 0 Å². The van der Waals surface area contributed by atoms with E-state index in [-0.39, 0.29) is 5.76 Å². The molecular formula is C15H19NO4. The molecule has 1 unspecified atom stereocenters. The van der Waals surface area contributed by atoms with Gasteiger partial charge in [-0.05, 0) is 31.5 Å². The fraction of sp³-hybridized carbons (Fsp3) is 0.400. The van der Waals surface area contributed by atoms with Crippen LogP contribution in [0.4, 0.5) is 0 Å². The standard InChI is InChI=1S/C15H19NO4/c1-11(5-6-13-4-3-8-19-13)16-10-12-7-9-20-14(12)15(17)18-2/h3-4,7-9,11,16H,5-6,10H2,1-2H3. The summed E-state index contributed by atoms with van der Waals surface area (Å²) in [6.07, 6.45) is 5.02. The van der Waals surface area contributed by atoms with Crippen LogP contribution in [0, 0.1) is 0 Å². The molecule has 0 aliphatic rings. The lowest BCUT2D eigenvalue weighted by Crippen LogP contribution is -2.26. The van der Waals surface area contributed by atoms with Crippen LogP contribution in [0.25, 0.3) is 0 Å². The highest BCUT2D eigenvalue weighted by molar-refractivity contribution is 5.87. The quantitative estimate of drug-likeness (QED) is 0.788. The first-order valence-electron chi connectivity index (χ1n) is 6.61. The number of furan rings is 2. The molecule has 0 radical (unpaired) electrons. The van der Waals surface area contributed by atoms with Gasteiger partial charge in [0.1, 0.15) is 5.76 Å². The number of hydrogen-bond donors (Lipinski definition) is 1.